The maximum absolute atomic E-state index is 12.6. The van der Waals surface area contributed by atoms with Crippen molar-refractivity contribution in [2.24, 2.45) is 0 Å². The zero-order chi connectivity index (χ0) is 31.4. The Hall–Kier alpha value is -2.83. The second kappa shape index (κ2) is 16.9. The van der Waals surface area contributed by atoms with E-state index in [1.165, 1.54) is 28.6 Å². The van der Waals surface area contributed by atoms with E-state index in [2.05, 4.69) is 87.7 Å². The van der Waals surface area contributed by atoms with Gasteiger partial charge in [0.2, 0.25) is 0 Å². The van der Waals surface area contributed by atoms with Gasteiger partial charge in [0, 0.05) is 43.5 Å². The van der Waals surface area contributed by atoms with E-state index in [4.69, 9.17) is 0 Å². The summed E-state index contributed by atoms with van der Waals surface area (Å²) in [4.78, 5) is 4.95. The molecule has 3 aromatic carbocycles. The van der Waals surface area contributed by atoms with E-state index in [-0.39, 0.29) is 10.8 Å². The molecule has 0 heterocycles. The van der Waals surface area contributed by atoms with Gasteiger partial charge in [0.1, 0.15) is 0 Å². The largest absolute Gasteiger partial charge is 0.371 e. The van der Waals surface area contributed by atoms with Crippen molar-refractivity contribution in [3.05, 3.63) is 88.5 Å². The van der Waals surface area contributed by atoms with Gasteiger partial charge in [0.05, 0.1) is 4.90 Å². The summed E-state index contributed by atoms with van der Waals surface area (Å²) in [6.45, 7) is 17.3. The fourth-order valence-electron chi connectivity index (χ4n) is 6.03. The summed E-state index contributed by atoms with van der Waals surface area (Å²) < 4.78 is 35.4. The third-order valence-corrected chi connectivity index (χ3v) is 9.35. The van der Waals surface area contributed by atoms with Crippen LogP contribution in [0.5, 0.6) is 0 Å². The highest BCUT2D eigenvalue weighted by molar-refractivity contribution is 7.85. The zero-order valence-corrected chi connectivity index (χ0v) is 28.2. The normalized spacial score (nSPS) is 11.7. The van der Waals surface area contributed by atoms with E-state index in [1.807, 2.05) is 12.1 Å². The molecule has 0 saturated heterocycles. The molecule has 0 aliphatic rings. The van der Waals surface area contributed by atoms with Gasteiger partial charge in [-0.2, -0.15) is 8.42 Å². The van der Waals surface area contributed by atoms with Gasteiger partial charge in [0.25, 0.3) is 10.1 Å². The monoisotopic (exact) mass is 606 g/mol. The van der Waals surface area contributed by atoms with Crippen LogP contribution in [-0.4, -0.2) is 39.1 Å². The van der Waals surface area contributed by atoms with E-state index >= 15 is 0 Å². The molecule has 6 heteroatoms. The van der Waals surface area contributed by atoms with Crippen LogP contribution in [0, 0.1) is 13.8 Å². The fraction of sp³-hybridized carbons (Fsp3) is 0.514. The van der Waals surface area contributed by atoms with Crippen LogP contribution in [0.25, 0.3) is 0 Å². The Balaban J connectivity index is 2.16. The maximum atomic E-state index is 12.6. The Morgan fingerprint density at radius 1 is 0.628 bits per heavy atom. The lowest BCUT2D eigenvalue weighted by Gasteiger charge is -2.29. The Morgan fingerprint density at radius 2 is 1.02 bits per heavy atom. The molecule has 3 aromatic rings. The summed E-state index contributed by atoms with van der Waals surface area (Å²) >= 11 is 0. The van der Waals surface area contributed by atoms with Gasteiger partial charge in [-0.3, -0.25) is 4.55 Å². The van der Waals surface area contributed by atoms with Crippen molar-refractivity contribution in [3.63, 3.8) is 0 Å². The van der Waals surface area contributed by atoms with Gasteiger partial charge in [-0.1, -0.05) is 95.8 Å². The Labute approximate surface area is 262 Å². The molecule has 0 bridgehead atoms. The third-order valence-electron chi connectivity index (χ3n) is 8.42. The molecule has 0 unspecified atom stereocenters. The number of benzene rings is 3. The summed E-state index contributed by atoms with van der Waals surface area (Å²) in [6, 6.07) is 20.0. The quantitative estimate of drug-likeness (QED) is 0.115. The molecule has 0 radical (unpaired) electrons. The van der Waals surface area contributed by atoms with Crippen molar-refractivity contribution in [3.8, 4) is 0 Å². The standard InChI is InChI=1S/C37H54N2O3S/c1-7-11-23-38(24-12-8-2)34-21-19-31(27-29(34)5)37(33-17-15-16-18-36(33)43(40,41)42)32-20-22-35(30(6)28-32)39(25-13-9-3)26-14-10-4/h15-22,27-28,37H,7-14,23-26H2,1-6H3,(H,40,41,42). The highest BCUT2D eigenvalue weighted by atomic mass is 32.2. The molecule has 0 spiro atoms. The molecule has 0 amide bonds. The maximum Gasteiger partial charge on any atom is 0.294 e. The molecule has 43 heavy (non-hydrogen) atoms. The molecule has 236 valence electrons. The van der Waals surface area contributed by atoms with Crippen LogP contribution in [0.1, 0.15) is 113 Å². The number of hydrogen-bond donors (Lipinski definition) is 1. The number of unbranched alkanes of at least 4 members (excludes halogenated alkanes) is 4. The summed E-state index contributed by atoms with van der Waals surface area (Å²) in [7, 11) is -4.42. The van der Waals surface area contributed by atoms with Crippen LogP contribution in [0.4, 0.5) is 11.4 Å². The van der Waals surface area contributed by atoms with Crippen LogP contribution < -0.4 is 9.80 Å². The molecule has 1 N–H and O–H groups in total. The van der Waals surface area contributed by atoms with Gasteiger partial charge in [-0.15, -0.1) is 0 Å². The van der Waals surface area contributed by atoms with Crippen LogP contribution in [0.15, 0.2) is 65.6 Å². The number of rotatable bonds is 18. The molecule has 3 rings (SSSR count). The topological polar surface area (TPSA) is 60.9 Å². The molecule has 5 nitrogen and oxygen atoms in total. The minimum atomic E-state index is -4.42. The summed E-state index contributed by atoms with van der Waals surface area (Å²) in [5.41, 5.74) is 7.46. The van der Waals surface area contributed by atoms with Crippen molar-refractivity contribution in [2.75, 3.05) is 36.0 Å². The Morgan fingerprint density at radius 3 is 1.37 bits per heavy atom. The number of nitrogens with zero attached hydrogens (tertiary/aromatic N) is 2. The van der Waals surface area contributed by atoms with Gasteiger partial charge in [0.15, 0.2) is 0 Å². The van der Waals surface area contributed by atoms with E-state index in [0.717, 1.165) is 88.7 Å². The number of aryl methyl sites for hydroxylation is 2. The zero-order valence-electron chi connectivity index (χ0n) is 27.4. The average Bonchev–Trinajstić information content (AvgIpc) is 2.98. The molecule has 0 fully saturated rings. The van der Waals surface area contributed by atoms with Crippen molar-refractivity contribution in [2.45, 2.75) is 104 Å². The van der Waals surface area contributed by atoms with Gasteiger partial charge < -0.3 is 9.80 Å². The van der Waals surface area contributed by atoms with Crippen LogP contribution in [0.2, 0.25) is 0 Å². The first-order chi connectivity index (χ1) is 20.7. The first-order valence-electron chi connectivity index (χ1n) is 16.4. The molecule has 0 saturated carbocycles. The molecule has 0 aliphatic carbocycles. The van der Waals surface area contributed by atoms with Crippen LogP contribution >= 0.6 is 0 Å². The Kier molecular flexibility index (Phi) is 13.6. The molecule has 0 aromatic heterocycles. The summed E-state index contributed by atoms with van der Waals surface area (Å²) in [5, 5.41) is 0. The van der Waals surface area contributed by atoms with Gasteiger partial charge in [-0.05, 0) is 85.5 Å². The van der Waals surface area contributed by atoms with Crippen molar-refractivity contribution >= 4 is 21.5 Å². The smallest absolute Gasteiger partial charge is 0.294 e. The van der Waals surface area contributed by atoms with E-state index in [9.17, 15) is 13.0 Å². The predicted octanol–water partition coefficient (Wildman–Crippen LogP) is 9.54. The summed E-state index contributed by atoms with van der Waals surface area (Å²) in [5.74, 6) is -0.349. The van der Waals surface area contributed by atoms with Crippen LogP contribution in [0.3, 0.4) is 0 Å². The van der Waals surface area contributed by atoms with Gasteiger partial charge >= 0.3 is 0 Å². The second-order valence-corrected chi connectivity index (χ2v) is 13.3. The lowest BCUT2D eigenvalue weighted by molar-refractivity contribution is 0.482. The van der Waals surface area contributed by atoms with E-state index in [0.29, 0.717) is 5.56 Å². The lowest BCUT2D eigenvalue weighted by atomic mass is 9.83. The average molecular weight is 607 g/mol. The third kappa shape index (κ3) is 9.33. The molecule has 0 aliphatic heterocycles. The Bertz CT molecular complexity index is 1320. The minimum absolute atomic E-state index is 0.0384. The summed E-state index contributed by atoms with van der Waals surface area (Å²) in [6.07, 6.45) is 9.19. The highest BCUT2D eigenvalue weighted by Crippen LogP contribution is 2.39. The number of anilines is 2. The van der Waals surface area contributed by atoms with Crippen molar-refractivity contribution < 1.29 is 13.0 Å². The number of hydrogen-bond acceptors (Lipinski definition) is 4. The van der Waals surface area contributed by atoms with E-state index in [1.54, 1.807) is 6.07 Å². The molecular formula is C37H54N2O3S. The van der Waals surface area contributed by atoms with Gasteiger partial charge in [-0.25, -0.2) is 0 Å². The predicted molar refractivity (Wildman–Crippen MR) is 184 cm³/mol. The fourth-order valence-corrected chi connectivity index (χ4v) is 6.77. The first-order valence-corrected chi connectivity index (χ1v) is 17.9. The SMILES string of the molecule is CCCCN(CCCC)c1ccc(C(c2ccc(N(CCCC)CCCC)c(C)c2)c2ccccc2S(=O)(=O)O)cc1C. The second-order valence-electron chi connectivity index (χ2n) is 11.9. The van der Waals surface area contributed by atoms with Crippen molar-refractivity contribution in [1.82, 2.24) is 0 Å². The molecule has 0 atom stereocenters. The highest BCUT2D eigenvalue weighted by Gasteiger charge is 2.26. The lowest BCUT2D eigenvalue weighted by Crippen LogP contribution is -2.26. The van der Waals surface area contributed by atoms with E-state index < -0.39 is 10.1 Å². The first kappa shape index (κ1) is 34.7. The minimum Gasteiger partial charge on any atom is -0.371 e. The van der Waals surface area contributed by atoms with Crippen molar-refractivity contribution in [1.29, 1.82) is 0 Å². The van der Waals surface area contributed by atoms with Crippen LogP contribution in [-0.2, 0) is 10.1 Å². The molecular weight excluding hydrogens is 552 g/mol.